The number of aromatic hydroxyl groups is 1. The molecule has 1 unspecified atom stereocenters. The van der Waals surface area contributed by atoms with Gasteiger partial charge in [0.2, 0.25) is 0 Å². The van der Waals surface area contributed by atoms with Crippen LogP contribution >= 0.6 is 22.9 Å². The average Bonchev–Trinajstić information content (AvgIpc) is 2.93. The molecule has 3 nitrogen and oxygen atoms in total. The van der Waals surface area contributed by atoms with Crippen molar-refractivity contribution in [1.82, 2.24) is 4.90 Å². The number of rotatable bonds is 3. The zero-order valence-electron chi connectivity index (χ0n) is 10.6. The van der Waals surface area contributed by atoms with E-state index in [1.165, 1.54) is 12.1 Å². The molecule has 0 spiro atoms. The van der Waals surface area contributed by atoms with Crippen molar-refractivity contribution in [3.63, 3.8) is 0 Å². The number of hydrogen-bond acceptors (Lipinski definition) is 3. The monoisotopic (exact) mass is 295 g/mol. The molecule has 0 aliphatic carbocycles. The molecule has 0 radical (unpaired) electrons. The lowest BCUT2D eigenvalue weighted by Gasteiger charge is -2.24. The van der Waals surface area contributed by atoms with Crippen molar-refractivity contribution in [2.75, 3.05) is 7.05 Å². The molecule has 19 heavy (non-hydrogen) atoms. The topological polar surface area (TPSA) is 40.5 Å². The third-order valence-electron chi connectivity index (χ3n) is 3.05. The van der Waals surface area contributed by atoms with Crippen LogP contribution in [0.5, 0.6) is 5.75 Å². The molecule has 100 valence electrons. The second-order valence-electron chi connectivity index (χ2n) is 4.27. The van der Waals surface area contributed by atoms with Crippen LogP contribution in [0.3, 0.4) is 0 Å². The summed E-state index contributed by atoms with van der Waals surface area (Å²) in [5.74, 6) is -0.144. The summed E-state index contributed by atoms with van der Waals surface area (Å²) in [6, 6.07) is 8.45. The molecular weight excluding hydrogens is 282 g/mol. The molecule has 2 aromatic rings. The number of phenols is 1. The highest BCUT2D eigenvalue weighted by atomic mass is 35.5. The maximum Gasteiger partial charge on any atom is 0.254 e. The van der Waals surface area contributed by atoms with Gasteiger partial charge in [-0.3, -0.25) is 4.79 Å². The second kappa shape index (κ2) is 5.63. The molecule has 0 aliphatic rings. The molecule has 1 N–H and O–H groups in total. The lowest BCUT2D eigenvalue weighted by atomic mass is 10.1. The van der Waals surface area contributed by atoms with Crippen LogP contribution in [0.1, 0.15) is 28.2 Å². The van der Waals surface area contributed by atoms with Crippen molar-refractivity contribution in [3.05, 3.63) is 51.2 Å². The number of benzene rings is 1. The van der Waals surface area contributed by atoms with Crippen LogP contribution in [0.2, 0.25) is 5.02 Å². The van der Waals surface area contributed by atoms with Crippen molar-refractivity contribution >= 4 is 28.8 Å². The first-order valence-electron chi connectivity index (χ1n) is 5.79. The van der Waals surface area contributed by atoms with Gasteiger partial charge in [0, 0.05) is 17.5 Å². The van der Waals surface area contributed by atoms with Gasteiger partial charge in [0.05, 0.1) is 11.1 Å². The van der Waals surface area contributed by atoms with E-state index < -0.39 is 0 Å². The van der Waals surface area contributed by atoms with Crippen molar-refractivity contribution in [1.29, 1.82) is 0 Å². The van der Waals surface area contributed by atoms with Gasteiger partial charge in [-0.2, -0.15) is 0 Å². The number of carbonyl (C=O) groups excluding carboxylic acids is 1. The summed E-state index contributed by atoms with van der Waals surface area (Å²) < 4.78 is 0. The van der Waals surface area contributed by atoms with E-state index in [0.717, 1.165) is 4.88 Å². The molecule has 1 amide bonds. The number of amides is 1. The maximum atomic E-state index is 12.3. The van der Waals surface area contributed by atoms with E-state index in [1.54, 1.807) is 29.4 Å². The van der Waals surface area contributed by atoms with Crippen LogP contribution in [0, 0.1) is 0 Å². The van der Waals surface area contributed by atoms with Gasteiger partial charge in [-0.15, -0.1) is 11.3 Å². The molecule has 0 fully saturated rings. The van der Waals surface area contributed by atoms with E-state index in [9.17, 15) is 9.90 Å². The number of hydrogen-bond donors (Lipinski definition) is 1. The normalized spacial score (nSPS) is 12.2. The first-order valence-corrected chi connectivity index (χ1v) is 7.05. The van der Waals surface area contributed by atoms with E-state index >= 15 is 0 Å². The van der Waals surface area contributed by atoms with Crippen LogP contribution in [-0.4, -0.2) is 23.0 Å². The summed E-state index contributed by atoms with van der Waals surface area (Å²) in [4.78, 5) is 15.1. The fourth-order valence-corrected chi connectivity index (χ4v) is 2.75. The first-order chi connectivity index (χ1) is 9.00. The van der Waals surface area contributed by atoms with E-state index in [4.69, 9.17) is 11.6 Å². The summed E-state index contributed by atoms with van der Waals surface area (Å²) in [6.07, 6.45) is 0. The molecule has 0 saturated heterocycles. The SMILES string of the molecule is CC(c1cccs1)N(C)C(=O)c1ccc(O)c(Cl)c1. The number of nitrogens with zero attached hydrogens (tertiary/aromatic N) is 1. The Bertz CT molecular complexity index is 583. The molecule has 0 aliphatic heterocycles. The van der Waals surface area contributed by atoms with Gasteiger partial charge in [0.1, 0.15) is 5.75 Å². The summed E-state index contributed by atoms with van der Waals surface area (Å²) in [5, 5.41) is 11.5. The zero-order valence-corrected chi connectivity index (χ0v) is 12.2. The van der Waals surface area contributed by atoms with Crippen molar-refractivity contribution < 1.29 is 9.90 Å². The summed E-state index contributed by atoms with van der Waals surface area (Å²) in [7, 11) is 1.76. The highest BCUT2D eigenvalue weighted by Gasteiger charge is 2.20. The Hall–Kier alpha value is -1.52. The molecule has 0 saturated carbocycles. The van der Waals surface area contributed by atoms with Crippen LogP contribution in [-0.2, 0) is 0 Å². The Labute approximate surface area is 121 Å². The maximum absolute atomic E-state index is 12.3. The number of carbonyl (C=O) groups is 1. The predicted molar refractivity (Wildman–Crippen MR) is 77.9 cm³/mol. The van der Waals surface area contributed by atoms with Gasteiger partial charge in [-0.05, 0) is 36.6 Å². The fourth-order valence-electron chi connectivity index (χ4n) is 1.74. The predicted octanol–water partition coefficient (Wildman–Crippen LogP) is 3.94. The van der Waals surface area contributed by atoms with Gasteiger partial charge in [-0.1, -0.05) is 17.7 Å². The van der Waals surface area contributed by atoms with Crippen molar-refractivity contribution in [3.8, 4) is 5.75 Å². The average molecular weight is 296 g/mol. The third kappa shape index (κ3) is 2.91. The zero-order chi connectivity index (χ0) is 14.0. The first kappa shape index (κ1) is 13.9. The van der Waals surface area contributed by atoms with E-state index in [1.807, 2.05) is 24.4 Å². The summed E-state index contributed by atoms with van der Waals surface area (Å²) >= 11 is 7.44. The highest BCUT2D eigenvalue weighted by Crippen LogP contribution is 2.27. The van der Waals surface area contributed by atoms with Crippen LogP contribution < -0.4 is 0 Å². The lowest BCUT2D eigenvalue weighted by molar-refractivity contribution is 0.0745. The lowest BCUT2D eigenvalue weighted by Crippen LogP contribution is -2.29. The Balaban J connectivity index is 2.21. The molecule has 1 atom stereocenters. The van der Waals surface area contributed by atoms with Crippen molar-refractivity contribution in [2.45, 2.75) is 13.0 Å². The van der Waals surface area contributed by atoms with Gasteiger partial charge in [0.25, 0.3) is 5.91 Å². The summed E-state index contributed by atoms with van der Waals surface area (Å²) in [5.41, 5.74) is 0.466. The Kier molecular flexibility index (Phi) is 4.12. The number of phenolic OH excluding ortho intramolecular Hbond substituents is 1. The minimum atomic E-state index is -0.122. The van der Waals surface area contributed by atoms with Gasteiger partial charge < -0.3 is 10.0 Å². The van der Waals surface area contributed by atoms with Crippen LogP contribution in [0.4, 0.5) is 0 Å². The largest absolute Gasteiger partial charge is 0.506 e. The molecule has 5 heteroatoms. The third-order valence-corrected chi connectivity index (χ3v) is 4.40. The molecular formula is C14H14ClNO2S. The van der Waals surface area contributed by atoms with Gasteiger partial charge in [0.15, 0.2) is 0 Å². The van der Waals surface area contributed by atoms with Crippen LogP contribution in [0.25, 0.3) is 0 Å². The Morgan fingerprint density at radius 1 is 1.42 bits per heavy atom. The fraction of sp³-hybridized carbons (Fsp3) is 0.214. The number of halogens is 1. The molecule has 1 aromatic heterocycles. The van der Waals surface area contributed by atoms with Gasteiger partial charge in [-0.25, -0.2) is 0 Å². The Morgan fingerprint density at radius 3 is 2.74 bits per heavy atom. The number of thiophene rings is 1. The van der Waals surface area contributed by atoms with Gasteiger partial charge >= 0.3 is 0 Å². The minimum absolute atomic E-state index is 0.0000728. The quantitative estimate of drug-likeness (QED) is 0.932. The standard InChI is InChI=1S/C14H14ClNO2S/c1-9(13-4-3-7-19-13)16(2)14(18)10-5-6-12(17)11(15)8-10/h3-9,17H,1-2H3. The second-order valence-corrected chi connectivity index (χ2v) is 5.66. The van der Waals surface area contributed by atoms with Crippen molar-refractivity contribution in [2.24, 2.45) is 0 Å². The van der Waals surface area contributed by atoms with E-state index in [0.29, 0.717) is 5.56 Å². The van der Waals surface area contributed by atoms with E-state index in [-0.39, 0.29) is 22.7 Å². The molecule has 2 rings (SSSR count). The summed E-state index contributed by atoms with van der Waals surface area (Å²) in [6.45, 7) is 1.98. The highest BCUT2D eigenvalue weighted by molar-refractivity contribution is 7.10. The van der Waals surface area contributed by atoms with Crippen LogP contribution in [0.15, 0.2) is 35.7 Å². The Morgan fingerprint density at radius 2 is 2.16 bits per heavy atom. The molecule has 1 aromatic carbocycles. The molecule has 1 heterocycles. The van der Waals surface area contributed by atoms with E-state index in [2.05, 4.69) is 0 Å². The molecule has 0 bridgehead atoms. The minimum Gasteiger partial charge on any atom is -0.506 e. The smallest absolute Gasteiger partial charge is 0.254 e.